The maximum atomic E-state index is 12.5. The van der Waals surface area contributed by atoms with Gasteiger partial charge in [0.05, 0.1) is 5.69 Å². The number of benzene rings is 2. The molecule has 7 nitrogen and oxygen atoms in total. The number of rotatable bonds is 4. The monoisotopic (exact) mass is 429 g/mol. The summed E-state index contributed by atoms with van der Waals surface area (Å²) in [4.78, 5) is 12.5. The number of hydrogen-bond donors (Lipinski definition) is 1. The smallest absolute Gasteiger partial charge is 0.255 e. The average molecular weight is 430 g/mol. The molecule has 0 bridgehead atoms. The van der Waals surface area contributed by atoms with Gasteiger partial charge in [-0.1, -0.05) is 29.8 Å². The predicted octanol–water partition coefficient (Wildman–Crippen LogP) is 5.27. The highest BCUT2D eigenvalue weighted by Gasteiger charge is 2.14. The Labute approximate surface area is 182 Å². The van der Waals surface area contributed by atoms with Crippen LogP contribution in [-0.2, 0) is 0 Å². The fourth-order valence-corrected chi connectivity index (χ4v) is 3.43. The summed E-state index contributed by atoms with van der Waals surface area (Å²) < 4.78 is 7.32. The number of nitrogens with one attached hydrogen (secondary N) is 1. The summed E-state index contributed by atoms with van der Waals surface area (Å²) in [5, 5.41) is 16.4. The van der Waals surface area contributed by atoms with Crippen LogP contribution in [0.4, 0.5) is 5.69 Å². The number of furan rings is 1. The summed E-state index contributed by atoms with van der Waals surface area (Å²) in [7, 11) is 0. The van der Waals surface area contributed by atoms with E-state index >= 15 is 0 Å². The molecule has 3 aromatic heterocycles. The molecular formula is C23H16ClN5O2. The van der Waals surface area contributed by atoms with Gasteiger partial charge >= 0.3 is 0 Å². The molecule has 5 rings (SSSR count). The average Bonchev–Trinajstić information content (AvgIpc) is 3.39. The lowest BCUT2D eigenvalue weighted by Crippen LogP contribution is -2.11. The predicted molar refractivity (Wildman–Crippen MR) is 118 cm³/mol. The molecule has 5 aromatic rings. The zero-order valence-electron chi connectivity index (χ0n) is 16.4. The van der Waals surface area contributed by atoms with E-state index in [0.717, 1.165) is 11.3 Å². The van der Waals surface area contributed by atoms with Crippen LogP contribution in [0.5, 0.6) is 0 Å². The Morgan fingerprint density at radius 2 is 1.87 bits per heavy atom. The highest BCUT2D eigenvalue weighted by molar-refractivity contribution is 6.31. The lowest BCUT2D eigenvalue weighted by atomic mass is 10.1. The van der Waals surface area contributed by atoms with Crippen molar-refractivity contribution in [3.05, 3.63) is 89.1 Å². The van der Waals surface area contributed by atoms with E-state index < -0.39 is 0 Å². The number of halogens is 1. The highest BCUT2D eigenvalue weighted by atomic mass is 35.5. The Bertz CT molecular complexity index is 1420. The number of nitrogens with zero attached hydrogens (tertiary/aromatic N) is 4. The van der Waals surface area contributed by atoms with Crippen molar-refractivity contribution in [3.63, 3.8) is 0 Å². The van der Waals surface area contributed by atoms with Gasteiger partial charge in [-0.25, -0.2) is 0 Å². The molecule has 0 aliphatic heterocycles. The summed E-state index contributed by atoms with van der Waals surface area (Å²) in [5.74, 6) is 1.66. The van der Waals surface area contributed by atoms with E-state index in [4.69, 9.17) is 16.0 Å². The standard InChI is InChI=1S/C23H16ClN5O2/c1-14-8-10-20(31-14)22-27-26-21-11-9-19(28-29(21)22)15-4-3-7-18(13-15)25-23(30)16-5-2-6-17(24)12-16/h2-13H,1H3,(H,25,30). The minimum Gasteiger partial charge on any atom is -0.458 e. The van der Waals surface area contributed by atoms with Crippen LogP contribution in [0.1, 0.15) is 16.1 Å². The first-order chi connectivity index (χ1) is 15.1. The molecule has 31 heavy (non-hydrogen) atoms. The number of aromatic nitrogens is 4. The third kappa shape index (κ3) is 3.78. The van der Waals surface area contributed by atoms with Crippen molar-refractivity contribution in [2.75, 3.05) is 5.32 Å². The van der Waals surface area contributed by atoms with Gasteiger partial charge in [0.15, 0.2) is 11.4 Å². The molecule has 3 heterocycles. The molecule has 0 unspecified atom stereocenters. The van der Waals surface area contributed by atoms with Gasteiger partial charge in [-0.2, -0.15) is 9.61 Å². The third-order valence-corrected chi connectivity index (χ3v) is 4.96. The van der Waals surface area contributed by atoms with Crippen LogP contribution in [0.15, 0.2) is 77.2 Å². The molecule has 2 aromatic carbocycles. The minimum atomic E-state index is -0.239. The van der Waals surface area contributed by atoms with E-state index in [-0.39, 0.29) is 5.91 Å². The number of amides is 1. The first-order valence-corrected chi connectivity index (χ1v) is 9.91. The van der Waals surface area contributed by atoms with Crippen LogP contribution in [0.3, 0.4) is 0 Å². The Morgan fingerprint density at radius 3 is 2.68 bits per heavy atom. The maximum Gasteiger partial charge on any atom is 0.255 e. The van der Waals surface area contributed by atoms with Crippen molar-refractivity contribution < 1.29 is 9.21 Å². The number of anilines is 1. The summed E-state index contributed by atoms with van der Waals surface area (Å²) in [6.45, 7) is 1.87. The zero-order chi connectivity index (χ0) is 21.4. The Kier molecular flexibility index (Phi) is 4.72. The van der Waals surface area contributed by atoms with Crippen molar-refractivity contribution >= 4 is 28.8 Å². The fourth-order valence-electron chi connectivity index (χ4n) is 3.24. The lowest BCUT2D eigenvalue weighted by Gasteiger charge is -2.08. The molecule has 0 fully saturated rings. The second-order valence-electron chi connectivity index (χ2n) is 6.97. The van der Waals surface area contributed by atoms with Crippen molar-refractivity contribution in [1.82, 2.24) is 19.8 Å². The van der Waals surface area contributed by atoms with Gasteiger partial charge in [-0.3, -0.25) is 4.79 Å². The van der Waals surface area contributed by atoms with Gasteiger partial charge in [-0.15, -0.1) is 10.2 Å². The quantitative estimate of drug-likeness (QED) is 0.421. The summed E-state index contributed by atoms with van der Waals surface area (Å²) >= 11 is 5.99. The molecule has 0 radical (unpaired) electrons. The maximum absolute atomic E-state index is 12.5. The van der Waals surface area contributed by atoms with Crippen molar-refractivity contribution in [2.24, 2.45) is 0 Å². The van der Waals surface area contributed by atoms with Gasteiger partial charge in [-0.05, 0) is 61.5 Å². The largest absolute Gasteiger partial charge is 0.458 e. The van der Waals surface area contributed by atoms with Crippen LogP contribution in [0.25, 0.3) is 28.5 Å². The molecule has 1 amide bonds. The fraction of sp³-hybridized carbons (Fsp3) is 0.0435. The second-order valence-corrected chi connectivity index (χ2v) is 7.40. The molecular weight excluding hydrogens is 414 g/mol. The molecule has 8 heteroatoms. The highest BCUT2D eigenvalue weighted by Crippen LogP contribution is 2.25. The van der Waals surface area contributed by atoms with Crippen LogP contribution < -0.4 is 5.32 Å². The van der Waals surface area contributed by atoms with Gasteiger partial charge in [0, 0.05) is 21.8 Å². The van der Waals surface area contributed by atoms with Crippen LogP contribution in [0, 0.1) is 6.92 Å². The van der Waals surface area contributed by atoms with E-state index in [1.165, 1.54) is 0 Å². The molecule has 1 N–H and O–H groups in total. The Balaban J connectivity index is 1.47. The number of aryl methyl sites for hydroxylation is 1. The molecule has 0 aliphatic rings. The third-order valence-electron chi connectivity index (χ3n) is 4.73. The first-order valence-electron chi connectivity index (χ1n) is 9.53. The number of hydrogen-bond acceptors (Lipinski definition) is 5. The summed E-state index contributed by atoms with van der Waals surface area (Å²) in [5.41, 5.74) is 3.28. The van der Waals surface area contributed by atoms with E-state index in [1.807, 2.05) is 55.5 Å². The van der Waals surface area contributed by atoms with E-state index in [1.54, 1.807) is 28.8 Å². The molecule has 0 atom stereocenters. The number of carbonyl (C=O) groups excluding carboxylic acids is 1. The normalized spacial score (nSPS) is 11.0. The van der Waals surface area contributed by atoms with Gasteiger partial charge in [0.1, 0.15) is 5.76 Å². The summed E-state index contributed by atoms with van der Waals surface area (Å²) in [6, 6.07) is 21.7. The Hall–Kier alpha value is -3.97. The van der Waals surface area contributed by atoms with Crippen molar-refractivity contribution in [1.29, 1.82) is 0 Å². The number of fused-ring (bicyclic) bond motifs is 1. The van der Waals surface area contributed by atoms with E-state index in [9.17, 15) is 4.79 Å². The van der Waals surface area contributed by atoms with Gasteiger partial charge in [0.25, 0.3) is 5.91 Å². The van der Waals surface area contributed by atoms with Crippen molar-refractivity contribution in [3.8, 4) is 22.8 Å². The first kappa shape index (κ1) is 19.0. The SMILES string of the molecule is Cc1ccc(-c2nnc3ccc(-c4cccc(NC(=O)c5cccc(Cl)c5)c4)nn23)o1. The number of carbonyl (C=O) groups is 1. The van der Waals surface area contributed by atoms with Gasteiger partial charge in [0.2, 0.25) is 5.82 Å². The molecule has 0 aliphatic carbocycles. The van der Waals surface area contributed by atoms with Crippen LogP contribution in [0.2, 0.25) is 5.02 Å². The Morgan fingerprint density at radius 1 is 1.00 bits per heavy atom. The van der Waals surface area contributed by atoms with E-state index in [0.29, 0.717) is 39.2 Å². The van der Waals surface area contributed by atoms with Crippen molar-refractivity contribution in [2.45, 2.75) is 6.92 Å². The van der Waals surface area contributed by atoms with Gasteiger partial charge < -0.3 is 9.73 Å². The minimum absolute atomic E-state index is 0.239. The lowest BCUT2D eigenvalue weighted by molar-refractivity contribution is 0.102. The molecule has 0 saturated carbocycles. The molecule has 0 saturated heterocycles. The van der Waals surface area contributed by atoms with Crippen LogP contribution in [-0.4, -0.2) is 25.7 Å². The zero-order valence-corrected chi connectivity index (χ0v) is 17.2. The molecule has 0 spiro atoms. The topological polar surface area (TPSA) is 85.3 Å². The second kappa shape index (κ2) is 7.70. The van der Waals surface area contributed by atoms with E-state index in [2.05, 4.69) is 20.6 Å². The molecule has 152 valence electrons. The summed E-state index contributed by atoms with van der Waals surface area (Å²) in [6.07, 6.45) is 0. The van der Waals surface area contributed by atoms with Crippen LogP contribution >= 0.6 is 11.6 Å².